The molecule has 4 rings (SSSR count). The Labute approximate surface area is 177 Å². The van der Waals surface area contributed by atoms with Crippen LogP contribution in [0.5, 0.6) is 0 Å². The van der Waals surface area contributed by atoms with Gasteiger partial charge in [0.25, 0.3) is 21.6 Å². The minimum absolute atomic E-state index is 0.0490. The van der Waals surface area contributed by atoms with Gasteiger partial charge in [-0.1, -0.05) is 30.3 Å². The Morgan fingerprint density at radius 1 is 1.06 bits per heavy atom. The van der Waals surface area contributed by atoms with Crippen LogP contribution in [0.3, 0.4) is 0 Å². The first-order valence-electron chi connectivity index (χ1n) is 9.04. The summed E-state index contributed by atoms with van der Waals surface area (Å²) < 4.78 is 31.7. The number of nitrogens with zero attached hydrogens (tertiary/aromatic N) is 3. The number of rotatable bonds is 5. The molecule has 0 bridgehead atoms. The van der Waals surface area contributed by atoms with E-state index in [0.29, 0.717) is 15.7 Å². The number of nitro benzene ring substituents is 1. The highest BCUT2D eigenvalue weighted by molar-refractivity contribution is 7.89. The minimum Gasteiger partial charge on any atom is -0.457 e. The Morgan fingerprint density at radius 2 is 1.81 bits per heavy atom. The van der Waals surface area contributed by atoms with E-state index in [1.54, 1.807) is 36.4 Å². The molecule has 2 aromatic carbocycles. The first-order valence-corrected chi connectivity index (χ1v) is 10.5. The van der Waals surface area contributed by atoms with Gasteiger partial charge in [0, 0.05) is 17.7 Å². The van der Waals surface area contributed by atoms with Crippen molar-refractivity contribution >= 4 is 33.4 Å². The predicted octanol–water partition coefficient (Wildman–Crippen LogP) is 3.85. The number of hydrogen-bond donors (Lipinski definition) is 0. The van der Waals surface area contributed by atoms with Gasteiger partial charge in [-0.15, -0.1) is 4.41 Å². The summed E-state index contributed by atoms with van der Waals surface area (Å²) >= 11 is 0. The maximum Gasteiger partial charge on any atom is 0.290 e. The van der Waals surface area contributed by atoms with E-state index in [2.05, 4.69) is 5.10 Å². The number of hydrogen-bond acceptors (Lipinski definition) is 7. The molecule has 10 heteroatoms. The van der Waals surface area contributed by atoms with Gasteiger partial charge in [0.1, 0.15) is 11.5 Å². The number of hydrazone groups is 1. The second-order valence-corrected chi connectivity index (χ2v) is 8.39. The van der Waals surface area contributed by atoms with E-state index in [-0.39, 0.29) is 27.6 Å². The Balaban J connectivity index is 1.64. The molecule has 0 saturated heterocycles. The summed E-state index contributed by atoms with van der Waals surface area (Å²) in [6.07, 6.45) is 1.39. The molecule has 1 aromatic heterocycles. The Kier molecular flexibility index (Phi) is 4.99. The summed E-state index contributed by atoms with van der Waals surface area (Å²) in [5.74, 6) is -0.155. The highest BCUT2D eigenvalue weighted by Gasteiger charge is 2.37. The van der Waals surface area contributed by atoms with E-state index in [0.717, 1.165) is 0 Å². The van der Waals surface area contributed by atoms with E-state index >= 15 is 0 Å². The zero-order valence-electron chi connectivity index (χ0n) is 16.1. The predicted molar refractivity (Wildman–Crippen MR) is 112 cm³/mol. The van der Waals surface area contributed by atoms with Gasteiger partial charge in [-0.2, -0.15) is 13.5 Å². The van der Waals surface area contributed by atoms with Crippen molar-refractivity contribution < 1.29 is 22.6 Å². The second-order valence-electron chi connectivity index (χ2n) is 6.62. The van der Waals surface area contributed by atoms with Gasteiger partial charge in [-0.25, -0.2) is 0 Å². The van der Waals surface area contributed by atoms with Crippen LogP contribution in [0.4, 0.5) is 5.69 Å². The van der Waals surface area contributed by atoms with Crippen molar-refractivity contribution in [3.8, 4) is 11.3 Å². The molecule has 1 amide bonds. The smallest absolute Gasteiger partial charge is 0.290 e. The fourth-order valence-electron chi connectivity index (χ4n) is 3.02. The quantitative estimate of drug-likeness (QED) is 0.339. The molecule has 3 aromatic rings. The van der Waals surface area contributed by atoms with Crippen molar-refractivity contribution in [1.82, 2.24) is 4.41 Å². The number of carbonyl (C=O) groups excluding carboxylic acids is 1. The van der Waals surface area contributed by atoms with E-state index in [9.17, 15) is 23.3 Å². The maximum atomic E-state index is 12.8. The van der Waals surface area contributed by atoms with Crippen LogP contribution in [0, 0.1) is 10.1 Å². The molecule has 0 fully saturated rings. The first kappa shape index (κ1) is 20.2. The van der Waals surface area contributed by atoms with Crippen molar-refractivity contribution in [1.29, 1.82) is 0 Å². The van der Waals surface area contributed by atoms with Crippen molar-refractivity contribution in [3.63, 3.8) is 0 Å². The normalized spacial score (nSPS) is 15.4. The summed E-state index contributed by atoms with van der Waals surface area (Å²) in [4.78, 5) is 23.2. The van der Waals surface area contributed by atoms with Crippen molar-refractivity contribution in [2.24, 2.45) is 5.10 Å². The third-order valence-electron chi connectivity index (χ3n) is 4.56. The van der Waals surface area contributed by atoms with E-state index in [1.165, 1.54) is 43.3 Å². The van der Waals surface area contributed by atoms with Gasteiger partial charge in [0.15, 0.2) is 0 Å². The summed E-state index contributed by atoms with van der Waals surface area (Å²) in [5.41, 5.74) is 0.706. The lowest BCUT2D eigenvalue weighted by Gasteiger charge is -2.12. The molecular formula is C21H15N3O6S. The highest BCUT2D eigenvalue weighted by atomic mass is 32.2. The van der Waals surface area contributed by atoms with Crippen LogP contribution in [0.15, 0.2) is 86.7 Å². The fourth-order valence-corrected chi connectivity index (χ4v) is 4.26. The molecule has 9 nitrogen and oxygen atoms in total. The number of benzene rings is 2. The van der Waals surface area contributed by atoms with Crippen LogP contribution in [-0.4, -0.2) is 29.4 Å². The molecule has 0 radical (unpaired) electrons. The van der Waals surface area contributed by atoms with Crippen molar-refractivity contribution in [2.75, 3.05) is 0 Å². The Bertz CT molecular complexity index is 1360. The van der Waals surface area contributed by atoms with Crippen LogP contribution in [0.1, 0.15) is 12.7 Å². The molecule has 0 spiro atoms. The van der Waals surface area contributed by atoms with Gasteiger partial charge < -0.3 is 4.42 Å². The molecule has 2 heterocycles. The summed E-state index contributed by atoms with van der Waals surface area (Å²) in [7, 11) is -4.14. The largest absolute Gasteiger partial charge is 0.457 e. The third-order valence-corrected chi connectivity index (χ3v) is 6.13. The lowest BCUT2D eigenvalue weighted by Crippen LogP contribution is -2.29. The molecule has 0 unspecified atom stereocenters. The zero-order valence-corrected chi connectivity index (χ0v) is 16.9. The number of sulfonamides is 1. The average Bonchev–Trinajstić information content (AvgIpc) is 3.35. The molecule has 0 atom stereocenters. The highest BCUT2D eigenvalue weighted by Crippen LogP contribution is 2.29. The van der Waals surface area contributed by atoms with E-state index in [1.807, 2.05) is 0 Å². The first-order chi connectivity index (χ1) is 14.8. The van der Waals surface area contributed by atoms with Gasteiger partial charge in [0.2, 0.25) is 0 Å². The van der Waals surface area contributed by atoms with Gasteiger partial charge in [-0.3, -0.25) is 14.9 Å². The summed E-state index contributed by atoms with van der Waals surface area (Å²) in [5, 5.41) is 14.9. The molecule has 0 N–H and O–H groups in total. The van der Waals surface area contributed by atoms with Gasteiger partial charge >= 0.3 is 0 Å². The lowest BCUT2D eigenvalue weighted by molar-refractivity contribution is -0.384. The maximum absolute atomic E-state index is 12.8. The molecule has 156 valence electrons. The van der Waals surface area contributed by atoms with Crippen LogP contribution in [0.2, 0.25) is 0 Å². The number of amides is 1. The summed E-state index contributed by atoms with van der Waals surface area (Å²) in [6, 6.07) is 16.7. The minimum atomic E-state index is -4.14. The second kappa shape index (κ2) is 7.65. The van der Waals surface area contributed by atoms with Crippen LogP contribution >= 0.6 is 0 Å². The van der Waals surface area contributed by atoms with Crippen molar-refractivity contribution in [2.45, 2.75) is 11.8 Å². The van der Waals surface area contributed by atoms with Gasteiger partial charge in [0.05, 0.1) is 21.1 Å². The topological polar surface area (TPSA) is 123 Å². The number of non-ortho nitro benzene ring substituents is 1. The fraction of sp³-hybridized carbons (Fsp3) is 0.0476. The summed E-state index contributed by atoms with van der Waals surface area (Å²) in [6.45, 7) is 1.52. The van der Waals surface area contributed by atoms with E-state index < -0.39 is 20.9 Å². The number of nitro groups is 1. The van der Waals surface area contributed by atoms with Gasteiger partial charge in [-0.05, 0) is 37.3 Å². The molecule has 1 aliphatic heterocycles. The average molecular weight is 437 g/mol. The molecular weight excluding hydrogens is 422 g/mol. The molecule has 1 aliphatic rings. The van der Waals surface area contributed by atoms with Crippen LogP contribution in [0.25, 0.3) is 17.4 Å². The van der Waals surface area contributed by atoms with Crippen molar-refractivity contribution in [3.05, 3.63) is 88.2 Å². The molecule has 31 heavy (non-hydrogen) atoms. The van der Waals surface area contributed by atoms with Crippen LogP contribution < -0.4 is 0 Å². The Morgan fingerprint density at radius 3 is 2.52 bits per heavy atom. The lowest BCUT2D eigenvalue weighted by atomic mass is 10.1. The SMILES string of the molecule is CC1=NN(S(=O)(=O)c2ccccc2)C(=O)C1=Cc1ccc(-c2cccc([N+](=O)[O-])c2)o1. The molecule has 0 saturated carbocycles. The monoisotopic (exact) mass is 437 g/mol. The Hall–Kier alpha value is -4.05. The standard InChI is InChI=1S/C21H15N3O6S/c1-14-19(21(25)23(22-14)31(28,29)18-8-3-2-4-9-18)13-17-10-11-20(30-17)15-6-5-7-16(12-15)24(26)27/h2-13H,1H3. The number of carbonyl (C=O) groups is 1. The molecule has 0 aliphatic carbocycles. The third kappa shape index (κ3) is 3.76. The number of furan rings is 1. The zero-order chi connectivity index (χ0) is 22.2. The van der Waals surface area contributed by atoms with Crippen LogP contribution in [-0.2, 0) is 14.8 Å². The van der Waals surface area contributed by atoms with E-state index in [4.69, 9.17) is 4.42 Å².